The lowest BCUT2D eigenvalue weighted by atomic mass is 9.80. The summed E-state index contributed by atoms with van der Waals surface area (Å²) in [5.41, 5.74) is 3.54. The normalized spacial score (nSPS) is 16.6. The minimum atomic E-state index is 0.864. The van der Waals surface area contributed by atoms with Crippen molar-refractivity contribution in [2.24, 2.45) is 5.92 Å². The molecule has 176 valence electrons. The third-order valence-electron chi connectivity index (χ3n) is 7.14. The Bertz CT molecular complexity index is 427. The summed E-state index contributed by atoms with van der Waals surface area (Å²) in [5.74, 6) is 0.864. The Balaban J connectivity index is 2.25. The molecule has 0 saturated carbocycles. The minimum Gasteiger partial charge on any atom is -0.0696 e. The SMILES string of the molecule is CCCCCCCCCCC1=CC=C(CCCCCCCCCC)C(CCCC)C1. The Morgan fingerprint density at radius 3 is 1.53 bits per heavy atom. The van der Waals surface area contributed by atoms with Crippen molar-refractivity contribution < 1.29 is 0 Å². The lowest BCUT2D eigenvalue weighted by Crippen LogP contribution is -2.10. The lowest BCUT2D eigenvalue weighted by Gasteiger charge is -2.25. The van der Waals surface area contributed by atoms with E-state index in [9.17, 15) is 0 Å². The maximum atomic E-state index is 2.55. The van der Waals surface area contributed by atoms with Gasteiger partial charge < -0.3 is 0 Å². The molecule has 0 heterocycles. The molecule has 1 rings (SSSR count). The minimum absolute atomic E-state index is 0.864. The van der Waals surface area contributed by atoms with E-state index >= 15 is 0 Å². The predicted molar refractivity (Wildman–Crippen MR) is 138 cm³/mol. The fraction of sp³-hybridized carbons (Fsp3) is 0.867. The molecule has 0 spiro atoms. The summed E-state index contributed by atoms with van der Waals surface area (Å²) in [5, 5.41) is 0. The van der Waals surface area contributed by atoms with Gasteiger partial charge in [-0.15, -0.1) is 0 Å². The van der Waals surface area contributed by atoms with Gasteiger partial charge in [0.05, 0.1) is 0 Å². The maximum Gasteiger partial charge on any atom is -0.0163 e. The molecule has 0 saturated heterocycles. The zero-order valence-corrected chi connectivity index (χ0v) is 21.3. The van der Waals surface area contributed by atoms with Gasteiger partial charge in [-0.05, 0) is 44.4 Å². The highest BCUT2D eigenvalue weighted by Gasteiger charge is 2.18. The molecular formula is C30H56. The van der Waals surface area contributed by atoms with Gasteiger partial charge in [0.1, 0.15) is 0 Å². The second-order valence-electron chi connectivity index (χ2n) is 10.1. The summed E-state index contributed by atoms with van der Waals surface area (Å²) in [6.45, 7) is 6.96. The zero-order chi connectivity index (χ0) is 21.7. The van der Waals surface area contributed by atoms with E-state index in [1.807, 2.05) is 0 Å². The van der Waals surface area contributed by atoms with Gasteiger partial charge in [-0.1, -0.05) is 147 Å². The van der Waals surface area contributed by atoms with Crippen LogP contribution in [-0.4, -0.2) is 0 Å². The quantitative estimate of drug-likeness (QED) is 0.163. The topological polar surface area (TPSA) is 0 Å². The smallest absolute Gasteiger partial charge is 0.0163 e. The van der Waals surface area contributed by atoms with Crippen molar-refractivity contribution in [2.75, 3.05) is 0 Å². The molecule has 0 N–H and O–H groups in total. The van der Waals surface area contributed by atoms with Crippen LogP contribution < -0.4 is 0 Å². The highest BCUT2D eigenvalue weighted by Crippen LogP contribution is 2.34. The van der Waals surface area contributed by atoms with Gasteiger partial charge in [0.15, 0.2) is 0 Å². The summed E-state index contributed by atoms with van der Waals surface area (Å²) < 4.78 is 0. The van der Waals surface area contributed by atoms with Crippen LogP contribution in [0.3, 0.4) is 0 Å². The van der Waals surface area contributed by atoms with E-state index in [0.717, 1.165) is 5.92 Å². The first-order chi connectivity index (χ1) is 14.8. The zero-order valence-electron chi connectivity index (χ0n) is 21.3. The second kappa shape index (κ2) is 20.4. The van der Waals surface area contributed by atoms with Crippen molar-refractivity contribution in [3.8, 4) is 0 Å². The molecule has 1 aliphatic carbocycles. The van der Waals surface area contributed by atoms with Gasteiger partial charge in [0.25, 0.3) is 0 Å². The fourth-order valence-corrected chi connectivity index (χ4v) is 5.04. The highest BCUT2D eigenvalue weighted by molar-refractivity contribution is 5.26. The van der Waals surface area contributed by atoms with Crippen LogP contribution in [0.2, 0.25) is 0 Å². The van der Waals surface area contributed by atoms with Crippen LogP contribution >= 0.6 is 0 Å². The molecule has 0 radical (unpaired) electrons. The molecule has 30 heavy (non-hydrogen) atoms. The first-order valence-electron chi connectivity index (χ1n) is 14.2. The third kappa shape index (κ3) is 14.5. The molecular weight excluding hydrogens is 360 g/mol. The summed E-state index contributed by atoms with van der Waals surface area (Å²) in [4.78, 5) is 0. The van der Waals surface area contributed by atoms with Gasteiger partial charge in [0, 0.05) is 0 Å². The Hall–Kier alpha value is -0.520. The van der Waals surface area contributed by atoms with Crippen LogP contribution in [-0.2, 0) is 0 Å². The molecule has 0 aromatic heterocycles. The van der Waals surface area contributed by atoms with Crippen molar-refractivity contribution in [3.05, 3.63) is 23.3 Å². The summed E-state index contributed by atoms with van der Waals surface area (Å²) in [6, 6.07) is 0. The van der Waals surface area contributed by atoms with Crippen molar-refractivity contribution in [3.63, 3.8) is 0 Å². The molecule has 0 fully saturated rings. The monoisotopic (exact) mass is 416 g/mol. The average Bonchev–Trinajstić information content (AvgIpc) is 2.76. The molecule has 0 aromatic carbocycles. The van der Waals surface area contributed by atoms with E-state index in [4.69, 9.17) is 0 Å². The third-order valence-corrected chi connectivity index (χ3v) is 7.14. The Labute approximate surface area is 191 Å². The van der Waals surface area contributed by atoms with E-state index in [0.29, 0.717) is 0 Å². The van der Waals surface area contributed by atoms with Crippen molar-refractivity contribution in [2.45, 2.75) is 162 Å². The Kier molecular flexibility index (Phi) is 18.7. The molecule has 1 atom stereocenters. The first-order valence-corrected chi connectivity index (χ1v) is 14.2. The van der Waals surface area contributed by atoms with Gasteiger partial charge in [0.2, 0.25) is 0 Å². The van der Waals surface area contributed by atoms with Crippen LogP contribution in [0, 0.1) is 5.92 Å². The molecule has 0 aromatic rings. The predicted octanol–water partition coefficient (Wildman–Crippen LogP) is 11.1. The number of allylic oxidation sites excluding steroid dienone is 4. The van der Waals surface area contributed by atoms with E-state index in [2.05, 4.69) is 32.9 Å². The maximum absolute atomic E-state index is 2.55. The molecule has 0 amide bonds. The van der Waals surface area contributed by atoms with E-state index in [1.165, 1.54) is 141 Å². The molecule has 1 aliphatic rings. The van der Waals surface area contributed by atoms with E-state index < -0.39 is 0 Å². The molecule has 1 unspecified atom stereocenters. The van der Waals surface area contributed by atoms with E-state index in [1.54, 1.807) is 11.1 Å². The van der Waals surface area contributed by atoms with Crippen molar-refractivity contribution in [1.82, 2.24) is 0 Å². The summed E-state index contributed by atoms with van der Waals surface area (Å²) in [6.07, 6.45) is 36.3. The van der Waals surface area contributed by atoms with Crippen LogP contribution in [0.4, 0.5) is 0 Å². The summed E-state index contributed by atoms with van der Waals surface area (Å²) in [7, 11) is 0. The lowest BCUT2D eigenvalue weighted by molar-refractivity contribution is 0.482. The number of hydrogen-bond acceptors (Lipinski definition) is 0. The van der Waals surface area contributed by atoms with Crippen LogP contribution in [0.5, 0.6) is 0 Å². The Morgan fingerprint density at radius 1 is 0.533 bits per heavy atom. The van der Waals surface area contributed by atoms with Gasteiger partial charge in [-0.3, -0.25) is 0 Å². The fourth-order valence-electron chi connectivity index (χ4n) is 5.04. The molecule has 0 heteroatoms. The molecule has 0 aliphatic heterocycles. The van der Waals surface area contributed by atoms with Crippen molar-refractivity contribution in [1.29, 1.82) is 0 Å². The van der Waals surface area contributed by atoms with Crippen LogP contribution in [0.25, 0.3) is 0 Å². The van der Waals surface area contributed by atoms with Crippen molar-refractivity contribution >= 4 is 0 Å². The van der Waals surface area contributed by atoms with Crippen LogP contribution in [0.1, 0.15) is 162 Å². The number of unbranched alkanes of at least 4 members (excludes halogenated alkanes) is 15. The second-order valence-corrected chi connectivity index (χ2v) is 10.1. The van der Waals surface area contributed by atoms with Gasteiger partial charge in [-0.25, -0.2) is 0 Å². The molecule has 0 nitrogen and oxygen atoms in total. The van der Waals surface area contributed by atoms with Crippen LogP contribution in [0.15, 0.2) is 23.3 Å². The first kappa shape index (κ1) is 27.5. The Morgan fingerprint density at radius 2 is 1.00 bits per heavy atom. The largest absolute Gasteiger partial charge is 0.0696 e. The standard InChI is InChI=1S/C30H56/c1-4-7-10-12-14-16-18-20-22-28-25-26-29(30(27-28)23-9-6-3)24-21-19-17-15-13-11-8-5-2/h25-26,30H,4-24,27H2,1-3H3. The van der Waals surface area contributed by atoms with Gasteiger partial charge >= 0.3 is 0 Å². The number of rotatable bonds is 21. The number of hydrogen-bond donors (Lipinski definition) is 0. The molecule has 0 bridgehead atoms. The van der Waals surface area contributed by atoms with E-state index in [-0.39, 0.29) is 0 Å². The van der Waals surface area contributed by atoms with Gasteiger partial charge in [-0.2, -0.15) is 0 Å². The summed E-state index contributed by atoms with van der Waals surface area (Å²) >= 11 is 0. The average molecular weight is 417 g/mol. The highest BCUT2D eigenvalue weighted by atomic mass is 14.2.